The van der Waals surface area contributed by atoms with Crippen molar-refractivity contribution in [1.82, 2.24) is 4.98 Å². The maximum atomic E-state index is 14.6. The van der Waals surface area contributed by atoms with E-state index in [0.29, 0.717) is 27.0 Å². The monoisotopic (exact) mass is 702 g/mol. The molecule has 1 aliphatic rings. The van der Waals surface area contributed by atoms with Gasteiger partial charge in [-0.25, -0.2) is 18.4 Å². The van der Waals surface area contributed by atoms with Crippen molar-refractivity contribution in [3.63, 3.8) is 0 Å². The van der Waals surface area contributed by atoms with Crippen LogP contribution < -0.4 is 9.08 Å². The quantitative estimate of drug-likeness (QED) is 0.106. The first kappa shape index (κ1) is 33.1. The Morgan fingerprint density at radius 3 is 1.90 bits per heavy atom. The number of thiazole rings is 1. The van der Waals surface area contributed by atoms with Crippen LogP contribution in [0.3, 0.4) is 0 Å². The van der Waals surface area contributed by atoms with Gasteiger partial charge in [0.25, 0.3) is 0 Å². The van der Waals surface area contributed by atoms with Crippen molar-refractivity contribution in [1.29, 1.82) is 0 Å². The molecule has 5 aromatic carbocycles. The van der Waals surface area contributed by atoms with Crippen LogP contribution in [0, 0.1) is 5.82 Å². The lowest BCUT2D eigenvalue weighted by Crippen LogP contribution is -2.53. The molecule has 1 aromatic heterocycles. The van der Waals surface area contributed by atoms with E-state index in [-0.39, 0.29) is 17.8 Å². The fourth-order valence-corrected chi connectivity index (χ4v) is 9.22. The van der Waals surface area contributed by atoms with E-state index in [1.165, 1.54) is 31.4 Å². The Hall–Kier alpha value is -5.45. The number of hydrogen-bond acceptors (Lipinski definition) is 8. The van der Waals surface area contributed by atoms with Crippen LogP contribution in [-0.4, -0.2) is 39.3 Å². The number of aromatic nitrogens is 1. The minimum atomic E-state index is -2.00. The molecule has 50 heavy (non-hydrogen) atoms. The number of para-hydroxylation sites is 1. The summed E-state index contributed by atoms with van der Waals surface area (Å²) in [6.07, 6.45) is 0.0808. The van der Waals surface area contributed by atoms with Gasteiger partial charge in [0.2, 0.25) is 16.9 Å². The average molecular weight is 703 g/mol. The van der Waals surface area contributed by atoms with Crippen LogP contribution >= 0.6 is 11.3 Å². The number of nitrogens with zero attached hydrogens (tertiary/aromatic N) is 2. The number of ketones is 1. The Morgan fingerprint density at radius 1 is 0.800 bits per heavy atom. The number of hydrogen-bond donors (Lipinski definition) is 0. The fraction of sp³-hybridized carbons (Fsp3) is 0.125. The number of esters is 1. The minimum Gasteiger partial charge on any atom is -0.467 e. The number of carbonyl (C=O) groups is 2. The number of halogens is 1. The van der Waals surface area contributed by atoms with E-state index in [9.17, 15) is 18.2 Å². The van der Waals surface area contributed by atoms with Gasteiger partial charge in [0, 0.05) is 11.1 Å². The number of carbonyl (C=O) groups excluding carboxylic acids is 2. The largest absolute Gasteiger partial charge is 0.467 e. The molecule has 2 heterocycles. The smallest absolute Gasteiger partial charge is 0.328 e. The molecule has 10 heteroatoms. The summed E-state index contributed by atoms with van der Waals surface area (Å²) in [4.78, 5) is 35.4. The molecule has 0 amide bonds. The molecule has 0 N–H and O–H groups in total. The second-order valence-corrected chi connectivity index (χ2v) is 13.9. The predicted octanol–water partition coefficient (Wildman–Crippen LogP) is 7.99. The lowest BCUT2D eigenvalue weighted by molar-refractivity contribution is -0.142. The van der Waals surface area contributed by atoms with Gasteiger partial charge in [-0.05, 0) is 53.9 Å². The summed E-state index contributed by atoms with van der Waals surface area (Å²) in [5.41, 5.74) is 1.59. The highest BCUT2D eigenvalue weighted by Gasteiger charge is 2.62. The van der Waals surface area contributed by atoms with Crippen molar-refractivity contribution in [3.8, 4) is 17.0 Å². The van der Waals surface area contributed by atoms with Crippen LogP contribution in [0.1, 0.15) is 32.8 Å². The maximum absolute atomic E-state index is 14.6. The van der Waals surface area contributed by atoms with E-state index in [1.807, 2.05) is 102 Å². The van der Waals surface area contributed by atoms with E-state index < -0.39 is 39.7 Å². The van der Waals surface area contributed by atoms with E-state index >= 15 is 0 Å². The van der Waals surface area contributed by atoms with Crippen molar-refractivity contribution in [3.05, 3.63) is 173 Å². The highest BCUT2D eigenvalue weighted by molar-refractivity contribution is 7.81. The van der Waals surface area contributed by atoms with Gasteiger partial charge in [0.15, 0.2) is 5.13 Å². The number of methoxy groups -OCH3 is 1. The third-order valence-electron chi connectivity index (χ3n) is 8.83. The van der Waals surface area contributed by atoms with E-state index in [4.69, 9.17) is 13.9 Å². The fourth-order valence-electron chi connectivity index (χ4n) is 6.64. The predicted molar refractivity (Wildman–Crippen MR) is 193 cm³/mol. The summed E-state index contributed by atoms with van der Waals surface area (Å²) < 4.78 is 40.1. The molecular formula is C40H31FN2O5S2. The molecule has 0 spiro atoms. The lowest BCUT2D eigenvalue weighted by atomic mass is 9.80. The zero-order valence-corrected chi connectivity index (χ0v) is 28.5. The molecular weight excluding hydrogens is 672 g/mol. The zero-order valence-electron chi connectivity index (χ0n) is 26.8. The topological polar surface area (TPSA) is 85.8 Å². The van der Waals surface area contributed by atoms with Gasteiger partial charge < -0.3 is 13.8 Å². The van der Waals surface area contributed by atoms with Crippen LogP contribution in [0.25, 0.3) is 11.3 Å². The third-order valence-corrected chi connectivity index (χ3v) is 11.2. The molecule has 0 aliphatic carbocycles. The summed E-state index contributed by atoms with van der Waals surface area (Å²) in [7, 11) is 1.32. The van der Waals surface area contributed by atoms with Gasteiger partial charge in [0.05, 0.1) is 12.8 Å². The molecule has 1 aliphatic heterocycles. The van der Waals surface area contributed by atoms with Crippen LogP contribution in [0.4, 0.5) is 9.52 Å². The summed E-state index contributed by atoms with van der Waals surface area (Å²) in [6.45, 7) is 0. The number of ether oxygens (including phenoxy) is 1. The first-order valence-electron chi connectivity index (χ1n) is 15.9. The number of rotatable bonds is 10. The van der Waals surface area contributed by atoms with Crippen molar-refractivity contribution in [2.24, 2.45) is 0 Å². The van der Waals surface area contributed by atoms with Crippen molar-refractivity contribution in [2.45, 2.75) is 23.3 Å². The van der Waals surface area contributed by atoms with Gasteiger partial charge in [0.1, 0.15) is 33.3 Å². The van der Waals surface area contributed by atoms with Gasteiger partial charge in [-0.15, -0.1) is 0 Å². The highest BCUT2D eigenvalue weighted by atomic mass is 32.2. The minimum absolute atomic E-state index is 0.0808. The normalized spacial score (nSPS) is 17.2. The van der Waals surface area contributed by atoms with Crippen LogP contribution in [0.2, 0.25) is 0 Å². The second kappa shape index (κ2) is 14.2. The Balaban J connectivity index is 1.50. The van der Waals surface area contributed by atoms with Crippen molar-refractivity contribution >= 4 is 39.3 Å². The van der Waals surface area contributed by atoms with Crippen LogP contribution in [-0.2, 0) is 26.2 Å². The Labute approximate surface area is 295 Å². The molecule has 1 unspecified atom stereocenters. The van der Waals surface area contributed by atoms with Gasteiger partial charge in [-0.1, -0.05) is 121 Å². The third kappa shape index (κ3) is 6.01. The molecule has 3 atom stereocenters. The standard InChI is InChI=1S/C40H31FN2O5S2/c1-47-38(45)33-26-34(50(46)48-32-20-12-5-13-21-32)40(29-16-8-3-9-17-29,30-18-10-4-11-19-30)43(33)39-42-35(27-14-6-2-7-15-27)37(49-39)36(44)28-22-24-31(41)25-23-28/h2-25,33-34H,26H2,1H3/t33-,34-,50?/m1/s1. The maximum Gasteiger partial charge on any atom is 0.328 e. The number of anilines is 1. The molecule has 250 valence electrons. The SMILES string of the molecule is COC(=O)[C@H]1C[C@@H](S(=O)Oc2ccccc2)C(c2ccccc2)(c2ccccc2)N1c1nc(-c2ccccc2)c(C(=O)c2ccc(F)cc2)s1. The lowest BCUT2D eigenvalue weighted by Gasteiger charge is -2.43. The summed E-state index contributed by atoms with van der Waals surface area (Å²) in [6, 6.07) is 41.7. The molecule has 0 bridgehead atoms. The zero-order chi connectivity index (χ0) is 34.7. The number of benzene rings is 5. The van der Waals surface area contributed by atoms with Crippen LogP contribution in [0.15, 0.2) is 146 Å². The Bertz CT molecular complexity index is 2090. The average Bonchev–Trinajstić information content (AvgIpc) is 3.77. The Morgan fingerprint density at radius 2 is 1.34 bits per heavy atom. The molecule has 0 saturated carbocycles. The Kier molecular flexibility index (Phi) is 9.38. The van der Waals surface area contributed by atoms with E-state index in [0.717, 1.165) is 22.5 Å². The first-order valence-corrected chi connectivity index (χ1v) is 17.9. The van der Waals surface area contributed by atoms with Crippen molar-refractivity contribution in [2.75, 3.05) is 12.0 Å². The molecule has 0 radical (unpaired) electrons. The summed E-state index contributed by atoms with van der Waals surface area (Å²) >= 11 is -0.877. The first-order chi connectivity index (χ1) is 24.4. The van der Waals surface area contributed by atoms with Gasteiger partial charge >= 0.3 is 5.97 Å². The summed E-state index contributed by atoms with van der Waals surface area (Å²) in [5.74, 6) is -0.941. The van der Waals surface area contributed by atoms with Gasteiger partial charge in [-0.3, -0.25) is 4.79 Å². The van der Waals surface area contributed by atoms with Crippen molar-refractivity contribution < 1.29 is 27.1 Å². The molecule has 1 saturated heterocycles. The second-order valence-electron chi connectivity index (χ2n) is 11.7. The van der Waals surface area contributed by atoms with Gasteiger partial charge in [-0.2, -0.15) is 0 Å². The van der Waals surface area contributed by atoms with Crippen LogP contribution in [0.5, 0.6) is 5.75 Å². The van der Waals surface area contributed by atoms with E-state index in [1.54, 1.807) is 24.3 Å². The molecule has 7 nitrogen and oxygen atoms in total. The van der Waals surface area contributed by atoms with E-state index in [2.05, 4.69) is 0 Å². The molecule has 1 fully saturated rings. The molecule has 7 rings (SSSR count). The summed E-state index contributed by atoms with van der Waals surface area (Å²) in [5, 5.41) is -0.478. The highest BCUT2D eigenvalue weighted by Crippen LogP contribution is 2.53. The molecule has 6 aromatic rings.